The summed E-state index contributed by atoms with van der Waals surface area (Å²) in [6, 6.07) is 1.82. The Morgan fingerprint density at radius 3 is 3.00 bits per heavy atom. The van der Waals surface area contributed by atoms with E-state index in [1.807, 2.05) is 18.4 Å². The number of aromatic amines is 1. The van der Waals surface area contributed by atoms with Gasteiger partial charge in [0.2, 0.25) is 0 Å². The highest BCUT2D eigenvalue weighted by atomic mass is 32.1. The van der Waals surface area contributed by atoms with Crippen LogP contribution in [0.3, 0.4) is 0 Å². The van der Waals surface area contributed by atoms with Gasteiger partial charge in [-0.25, -0.2) is 4.98 Å². The number of rotatable bonds is 7. The number of H-pyrrole nitrogens is 1. The van der Waals surface area contributed by atoms with Crippen LogP contribution >= 0.6 is 11.3 Å². The minimum absolute atomic E-state index is 0.121. The predicted molar refractivity (Wildman–Crippen MR) is 84.5 cm³/mol. The van der Waals surface area contributed by atoms with Crippen LogP contribution in [-0.4, -0.2) is 34.1 Å². The molecule has 5 nitrogen and oxygen atoms in total. The zero-order valence-corrected chi connectivity index (χ0v) is 13.2. The lowest BCUT2D eigenvalue weighted by atomic mass is 10.0. The number of aryl methyl sites for hydroxylation is 1. The number of aliphatic hydroxyl groups excluding tert-OH is 1. The van der Waals surface area contributed by atoms with Crippen molar-refractivity contribution >= 4 is 17.2 Å². The molecule has 0 aromatic carbocycles. The molecule has 0 aliphatic rings. The molecule has 114 valence electrons. The molecule has 6 heteroatoms. The lowest BCUT2D eigenvalue weighted by Gasteiger charge is -2.13. The van der Waals surface area contributed by atoms with Crippen LogP contribution < -0.4 is 5.32 Å². The highest BCUT2D eigenvalue weighted by molar-refractivity contribution is 7.09. The van der Waals surface area contributed by atoms with Gasteiger partial charge in [0.1, 0.15) is 5.69 Å². The maximum atomic E-state index is 12.1. The number of aliphatic hydroxyl groups is 1. The first-order valence-electron chi connectivity index (χ1n) is 7.14. The molecular weight excluding hydrogens is 286 g/mol. The van der Waals surface area contributed by atoms with Gasteiger partial charge in [0.15, 0.2) is 0 Å². The van der Waals surface area contributed by atoms with Gasteiger partial charge in [0.05, 0.1) is 10.7 Å². The summed E-state index contributed by atoms with van der Waals surface area (Å²) in [5, 5.41) is 14.8. The van der Waals surface area contributed by atoms with Crippen LogP contribution in [0.25, 0.3) is 11.3 Å². The standard InChI is InChI=1S/C15H21N3O2S/c1-3-11(4-5-19)7-17-15(20)13-6-12(8-16-13)14-9-21-10(2)18-14/h6,8-9,11,16,19H,3-5,7H2,1-2H3,(H,17,20). The fourth-order valence-corrected chi connectivity index (χ4v) is 2.76. The van der Waals surface area contributed by atoms with Crippen molar-refractivity contribution in [3.63, 3.8) is 0 Å². The number of carbonyl (C=O) groups excluding carboxylic acids is 1. The van der Waals surface area contributed by atoms with Gasteiger partial charge in [-0.1, -0.05) is 13.3 Å². The Labute approximate surface area is 128 Å². The van der Waals surface area contributed by atoms with Gasteiger partial charge in [0, 0.05) is 30.3 Å². The molecule has 0 saturated carbocycles. The van der Waals surface area contributed by atoms with Gasteiger partial charge in [-0.2, -0.15) is 0 Å². The van der Waals surface area contributed by atoms with Crippen molar-refractivity contribution in [1.29, 1.82) is 0 Å². The van der Waals surface area contributed by atoms with Crippen molar-refractivity contribution in [2.24, 2.45) is 5.92 Å². The highest BCUT2D eigenvalue weighted by Gasteiger charge is 2.13. The number of aromatic nitrogens is 2. The average Bonchev–Trinajstić information content (AvgIpc) is 3.11. The van der Waals surface area contributed by atoms with Crippen molar-refractivity contribution in [2.45, 2.75) is 26.7 Å². The second-order valence-corrected chi connectivity index (χ2v) is 6.11. The third-order valence-electron chi connectivity index (χ3n) is 3.51. The maximum absolute atomic E-state index is 12.1. The first kappa shape index (κ1) is 15.7. The Kier molecular flexibility index (Phi) is 5.52. The van der Waals surface area contributed by atoms with Crippen LogP contribution in [0.5, 0.6) is 0 Å². The molecule has 0 fully saturated rings. The van der Waals surface area contributed by atoms with Crippen LogP contribution in [-0.2, 0) is 0 Å². The molecule has 0 bridgehead atoms. The lowest BCUT2D eigenvalue weighted by Crippen LogP contribution is -2.29. The van der Waals surface area contributed by atoms with Crippen LogP contribution in [0.1, 0.15) is 35.3 Å². The zero-order chi connectivity index (χ0) is 15.2. The summed E-state index contributed by atoms with van der Waals surface area (Å²) in [4.78, 5) is 19.5. The van der Waals surface area contributed by atoms with E-state index in [2.05, 4.69) is 22.2 Å². The molecule has 21 heavy (non-hydrogen) atoms. The van der Waals surface area contributed by atoms with E-state index in [-0.39, 0.29) is 12.5 Å². The fourth-order valence-electron chi connectivity index (χ4n) is 2.13. The van der Waals surface area contributed by atoms with Crippen molar-refractivity contribution in [3.05, 3.63) is 28.3 Å². The summed E-state index contributed by atoms with van der Waals surface area (Å²) in [5.74, 6) is 0.194. The summed E-state index contributed by atoms with van der Waals surface area (Å²) in [5.41, 5.74) is 2.35. The second-order valence-electron chi connectivity index (χ2n) is 5.05. The number of thiazole rings is 1. The average molecular weight is 307 g/mol. The Hall–Kier alpha value is -1.66. The molecule has 2 rings (SSSR count). The number of nitrogens with zero attached hydrogens (tertiary/aromatic N) is 1. The van der Waals surface area contributed by atoms with Crippen molar-refractivity contribution in [3.8, 4) is 11.3 Å². The maximum Gasteiger partial charge on any atom is 0.267 e. The van der Waals surface area contributed by atoms with Gasteiger partial charge in [0.25, 0.3) is 5.91 Å². The van der Waals surface area contributed by atoms with Crippen LogP contribution in [0.2, 0.25) is 0 Å². The van der Waals surface area contributed by atoms with Crippen molar-refractivity contribution < 1.29 is 9.90 Å². The van der Waals surface area contributed by atoms with E-state index >= 15 is 0 Å². The Bertz CT molecular complexity index is 591. The van der Waals surface area contributed by atoms with Gasteiger partial charge < -0.3 is 15.4 Å². The second kappa shape index (κ2) is 7.38. The molecule has 0 aliphatic carbocycles. The molecule has 0 spiro atoms. The fraction of sp³-hybridized carbons (Fsp3) is 0.467. The quantitative estimate of drug-likeness (QED) is 0.735. The minimum Gasteiger partial charge on any atom is -0.396 e. The van der Waals surface area contributed by atoms with Crippen LogP contribution in [0.4, 0.5) is 0 Å². The number of carbonyl (C=O) groups is 1. The third kappa shape index (κ3) is 4.15. The molecule has 0 saturated heterocycles. The molecule has 1 unspecified atom stereocenters. The minimum atomic E-state index is -0.121. The smallest absolute Gasteiger partial charge is 0.267 e. The summed E-state index contributed by atoms with van der Waals surface area (Å²) in [6.07, 6.45) is 3.45. The number of hydrogen-bond donors (Lipinski definition) is 3. The molecule has 1 amide bonds. The van der Waals surface area contributed by atoms with Gasteiger partial charge >= 0.3 is 0 Å². The lowest BCUT2D eigenvalue weighted by molar-refractivity contribution is 0.0939. The zero-order valence-electron chi connectivity index (χ0n) is 12.3. The molecule has 2 aromatic rings. The first-order chi connectivity index (χ1) is 10.1. The highest BCUT2D eigenvalue weighted by Crippen LogP contribution is 2.22. The third-order valence-corrected chi connectivity index (χ3v) is 4.28. The van der Waals surface area contributed by atoms with E-state index in [1.165, 1.54) is 0 Å². The number of amides is 1. The Balaban J connectivity index is 1.96. The predicted octanol–water partition coefficient (Wildman–Crippen LogP) is 2.59. The van der Waals surface area contributed by atoms with Gasteiger partial charge in [-0.05, 0) is 25.3 Å². The molecule has 0 aliphatic heterocycles. The van der Waals surface area contributed by atoms with Gasteiger partial charge in [-0.3, -0.25) is 4.79 Å². The summed E-state index contributed by atoms with van der Waals surface area (Å²) in [7, 11) is 0. The van der Waals surface area contributed by atoms with Gasteiger partial charge in [-0.15, -0.1) is 11.3 Å². The van der Waals surface area contributed by atoms with E-state index in [9.17, 15) is 4.79 Å². The first-order valence-corrected chi connectivity index (χ1v) is 8.02. The molecular formula is C15H21N3O2S. The van der Waals surface area contributed by atoms with E-state index in [4.69, 9.17) is 5.11 Å². The summed E-state index contributed by atoms with van der Waals surface area (Å²) < 4.78 is 0. The summed E-state index contributed by atoms with van der Waals surface area (Å²) >= 11 is 1.59. The SMILES string of the molecule is CCC(CCO)CNC(=O)c1cc(-c2csc(C)n2)c[nH]1. The number of hydrogen-bond acceptors (Lipinski definition) is 4. The molecule has 1 atom stereocenters. The molecule has 2 aromatic heterocycles. The summed E-state index contributed by atoms with van der Waals surface area (Å²) in [6.45, 7) is 4.76. The largest absolute Gasteiger partial charge is 0.396 e. The van der Waals surface area contributed by atoms with Crippen molar-refractivity contribution in [1.82, 2.24) is 15.3 Å². The van der Waals surface area contributed by atoms with E-state index in [0.717, 1.165) is 22.7 Å². The molecule has 3 N–H and O–H groups in total. The Morgan fingerprint density at radius 2 is 2.38 bits per heavy atom. The monoisotopic (exact) mass is 307 g/mol. The normalized spacial score (nSPS) is 12.3. The number of nitrogens with one attached hydrogen (secondary N) is 2. The van der Waals surface area contributed by atoms with Crippen molar-refractivity contribution in [2.75, 3.05) is 13.2 Å². The van der Waals surface area contributed by atoms with Crippen LogP contribution in [0, 0.1) is 12.8 Å². The Morgan fingerprint density at radius 1 is 1.57 bits per heavy atom. The molecule has 2 heterocycles. The van der Waals surface area contributed by atoms with E-state index in [0.29, 0.717) is 24.6 Å². The van der Waals surface area contributed by atoms with E-state index in [1.54, 1.807) is 17.5 Å². The van der Waals surface area contributed by atoms with E-state index < -0.39 is 0 Å². The molecule has 0 radical (unpaired) electrons. The van der Waals surface area contributed by atoms with Crippen LogP contribution in [0.15, 0.2) is 17.6 Å². The topological polar surface area (TPSA) is 78.0 Å².